The molecule has 5 heteroatoms. The van der Waals surface area contributed by atoms with E-state index in [-0.39, 0.29) is 12.0 Å². The summed E-state index contributed by atoms with van der Waals surface area (Å²) in [6.07, 6.45) is -6.98. The molecule has 0 aliphatic rings. The minimum atomic E-state index is -4.91. The number of rotatable bonds is 3. The first-order chi connectivity index (χ1) is 7.34. The molecule has 2 unspecified atom stereocenters. The molecule has 1 aromatic rings. The van der Waals surface area contributed by atoms with Crippen LogP contribution in [0, 0.1) is 0 Å². The monoisotopic (exact) mass is 234 g/mol. The predicted molar refractivity (Wildman–Crippen MR) is 52.7 cm³/mol. The van der Waals surface area contributed by atoms with Crippen molar-refractivity contribution in [2.45, 2.75) is 31.2 Å². The fraction of sp³-hybridized carbons (Fsp3) is 0.455. The summed E-state index contributed by atoms with van der Waals surface area (Å²) in [5.41, 5.74) is -3.56. The van der Waals surface area contributed by atoms with Crippen molar-refractivity contribution >= 4 is 0 Å². The maximum absolute atomic E-state index is 12.8. The number of aliphatic hydroxyl groups is 2. The Balaban J connectivity index is 3.26. The van der Waals surface area contributed by atoms with Crippen molar-refractivity contribution in [3.63, 3.8) is 0 Å². The van der Waals surface area contributed by atoms with Crippen molar-refractivity contribution in [2.75, 3.05) is 0 Å². The molecule has 0 spiro atoms. The van der Waals surface area contributed by atoms with Crippen molar-refractivity contribution in [2.24, 2.45) is 0 Å². The lowest BCUT2D eigenvalue weighted by Gasteiger charge is -2.34. The maximum Gasteiger partial charge on any atom is 0.424 e. The molecule has 0 aliphatic heterocycles. The second-order valence-electron chi connectivity index (χ2n) is 3.55. The first-order valence-corrected chi connectivity index (χ1v) is 4.86. The molecule has 0 saturated carbocycles. The molecule has 1 rings (SSSR count). The lowest BCUT2D eigenvalue weighted by atomic mass is 9.86. The number of aliphatic hydroxyl groups excluding tert-OH is 1. The van der Waals surface area contributed by atoms with Gasteiger partial charge in [-0.25, -0.2) is 0 Å². The molecule has 2 nitrogen and oxygen atoms in total. The summed E-state index contributed by atoms with van der Waals surface area (Å²) in [6, 6.07) is 6.60. The van der Waals surface area contributed by atoms with Gasteiger partial charge < -0.3 is 10.2 Å². The summed E-state index contributed by atoms with van der Waals surface area (Å²) in [7, 11) is 0. The van der Waals surface area contributed by atoms with E-state index in [9.17, 15) is 23.4 Å². The standard InChI is InChI=1S/C11H13F3O2/c1-2-9(15)10(16,11(12,13)14)8-6-4-3-5-7-8/h3-7,9,15-16H,2H2,1H3. The Kier molecular flexibility index (Phi) is 3.60. The normalized spacial score (nSPS) is 17.9. The van der Waals surface area contributed by atoms with Crippen molar-refractivity contribution in [3.05, 3.63) is 35.9 Å². The maximum atomic E-state index is 12.8. The van der Waals surface area contributed by atoms with Gasteiger partial charge in [0.25, 0.3) is 0 Å². The molecular formula is C11H13F3O2. The van der Waals surface area contributed by atoms with E-state index >= 15 is 0 Å². The van der Waals surface area contributed by atoms with Gasteiger partial charge >= 0.3 is 6.18 Å². The van der Waals surface area contributed by atoms with Gasteiger partial charge in [-0.15, -0.1) is 0 Å². The van der Waals surface area contributed by atoms with E-state index in [0.717, 1.165) is 12.1 Å². The Morgan fingerprint density at radius 1 is 1.19 bits per heavy atom. The molecule has 1 aromatic carbocycles. The molecule has 0 aliphatic carbocycles. The fourth-order valence-corrected chi connectivity index (χ4v) is 1.53. The molecule has 0 radical (unpaired) electrons. The van der Waals surface area contributed by atoms with Crippen LogP contribution in [0.3, 0.4) is 0 Å². The molecule has 90 valence electrons. The number of alkyl halides is 3. The van der Waals surface area contributed by atoms with Crippen LogP contribution in [0.25, 0.3) is 0 Å². The summed E-state index contributed by atoms with van der Waals surface area (Å²) in [6.45, 7) is 1.38. The number of hydrogen-bond donors (Lipinski definition) is 2. The Morgan fingerprint density at radius 3 is 2.06 bits per heavy atom. The highest BCUT2D eigenvalue weighted by atomic mass is 19.4. The van der Waals surface area contributed by atoms with Crippen molar-refractivity contribution in [3.8, 4) is 0 Å². The van der Waals surface area contributed by atoms with E-state index in [4.69, 9.17) is 0 Å². The van der Waals surface area contributed by atoms with Crippen molar-refractivity contribution in [1.29, 1.82) is 0 Å². The Hall–Kier alpha value is -1.07. The van der Waals surface area contributed by atoms with Crippen LogP contribution in [0.15, 0.2) is 30.3 Å². The quantitative estimate of drug-likeness (QED) is 0.841. The first-order valence-electron chi connectivity index (χ1n) is 4.86. The van der Waals surface area contributed by atoms with Crippen LogP contribution in [-0.2, 0) is 5.60 Å². The minimum Gasteiger partial charge on any atom is -0.389 e. The molecule has 2 atom stereocenters. The molecular weight excluding hydrogens is 221 g/mol. The van der Waals surface area contributed by atoms with Crippen LogP contribution in [-0.4, -0.2) is 22.5 Å². The third-order valence-corrected chi connectivity index (χ3v) is 2.52. The largest absolute Gasteiger partial charge is 0.424 e. The average molecular weight is 234 g/mol. The second kappa shape index (κ2) is 4.43. The van der Waals surface area contributed by atoms with Gasteiger partial charge in [-0.05, 0) is 12.0 Å². The Bertz CT molecular complexity index is 337. The van der Waals surface area contributed by atoms with Gasteiger partial charge in [-0.1, -0.05) is 37.3 Å². The highest BCUT2D eigenvalue weighted by Gasteiger charge is 2.58. The van der Waals surface area contributed by atoms with Crippen LogP contribution in [0.4, 0.5) is 13.2 Å². The van der Waals surface area contributed by atoms with Crippen LogP contribution in [0.2, 0.25) is 0 Å². The molecule has 0 aromatic heterocycles. The molecule has 0 amide bonds. The number of hydrogen-bond acceptors (Lipinski definition) is 2. The van der Waals surface area contributed by atoms with E-state index in [2.05, 4.69) is 0 Å². The van der Waals surface area contributed by atoms with Gasteiger partial charge in [0, 0.05) is 0 Å². The molecule has 16 heavy (non-hydrogen) atoms. The first kappa shape index (κ1) is 13.0. The average Bonchev–Trinajstić information content (AvgIpc) is 2.26. The molecule has 0 saturated heterocycles. The van der Waals surface area contributed by atoms with Crippen LogP contribution in [0.1, 0.15) is 18.9 Å². The minimum absolute atomic E-state index is 0.190. The molecule has 0 bridgehead atoms. The summed E-state index contributed by atoms with van der Waals surface area (Å²) in [5.74, 6) is 0. The highest BCUT2D eigenvalue weighted by molar-refractivity contribution is 5.25. The SMILES string of the molecule is CCC(O)C(O)(c1ccccc1)C(F)(F)F. The molecule has 0 heterocycles. The third-order valence-electron chi connectivity index (χ3n) is 2.52. The topological polar surface area (TPSA) is 40.5 Å². The van der Waals surface area contributed by atoms with Crippen molar-refractivity contribution < 1.29 is 23.4 Å². The van der Waals surface area contributed by atoms with Crippen LogP contribution >= 0.6 is 0 Å². The highest BCUT2D eigenvalue weighted by Crippen LogP contribution is 2.42. The third kappa shape index (κ3) is 2.05. The summed E-state index contributed by atoms with van der Waals surface area (Å²) in [5, 5.41) is 19.1. The zero-order valence-corrected chi connectivity index (χ0v) is 8.70. The number of halogens is 3. The number of benzene rings is 1. The van der Waals surface area contributed by atoms with Gasteiger partial charge in [0.2, 0.25) is 5.60 Å². The Morgan fingerprint density at radius 2 is 1.69 bits per heavy atom. The zero-order chi connectivity index (χ0) is 12.4. The molecule has 0 fully saturated rings. The van der Waals surface area contributed by atoms with Gasteiger partial charge in [0.15, 0.2) is 0 Å². The smallest absolute Gasteiger partial charge is 0.389 e. The van der Waals surface area contributed by atoms with E-state index in [1.807, 2.05) is 0 Å². The second-order valence-corrected chi connectivity index (χ2v) is 3.55. The predicted octanol–water partition coefficient (Wildman–Crippen LogP) is 2.21. The van der Waals surface area contributed by atoms with Gasteiger partial charge in [0.1, 0.15) is 0 Å². The van der Waals surface area contributed by atoms with E-state index in [1.165, 1.54) is 19.1 Å². The lowest BCUT2D eigenvalue weighted by Crippen LogP contribution is -2.51. The zero-order valence-electron chi connectivity index (χ0n) is 8.70. The summed E-state index contributed by atoms with van der Waals surface area (Å²) in [4.78, 5) is 0. The van der Waals surface area contributed by atoms with Gasteiger partial charge in [-0.2, -0.15) is 13.2 Å². The van der Waals surface area contributed by atoms with Crippen LogP contribution < -0.4 is 0 Å². The molecule has 2 N–H and O–H groups in total. The van der Waals surface area contributed by atoms with E-state index in [0.29, 0.717) is 0 Å². The van der Waals surface area contributed by atoms with Gasteiger partial charge in [-0.3, -0.25) is 0 Å². The fourth-order valence-electron chi connectivity index (χ4n) is 1.53. The van der Waals surface area contributed by atoms with Crippen molar-refractivity contribution in [1.82, 2.24) is 0 Å². The van der Waals surface area contributed by atoms with E-state index in [1.54, 1.807) is 6.07 Å². The summed E-state index contributed by atoms with van der Waals surface area (Å²) < 4.78 is 38.5. The van der Waals surface area contributed by atoms with Gasteiger partial charge in [0.05, 0.1) is 6.10 Å². The summed E-state index contributed by atoms with van der Waals surface area (Å²) >= 11 is 0. The lowest BCUT2D eigenvalue weighted by molar-refractivity contribution is -0.298. The van der Waals surface area contributed by atoms with E-state index < -0.39 is 17.9 Å². The van der Waals surface area contributed by atoms with Crippen LogP contribution in [0.5, 0.6) is 0 Å². The Labute approximate surface area is 91.3 Å².